The van der Waals surface area contributed by atoms with Crippen LogP contribution < -0.4 is 5.32 Å². The van der Waals surface area contributed by atoms with Crippen molar-refractivity contribution in [3.8, 4) is 0 Å². The van der Waals surface area contributed by atoms with E-state index in [0.29, 0.717) is 12.4 Å². The zero-order valence-electron chi connectivity index (χ0n) is 16.5. The SMILES string of the molecule is CC(C)(C)c1cc(NC(=O)N(CCO)Cc2ccsc2)n(C(C)(C)C)n1. The second-order valence-corrected chi connectivity index (χ2v) is 9.23. The number of aliphatic hydroxyl groups excluding tert-OH is 1. The van der Waals surface area contributed by atoms with Gasteiger partial charge in [0, 0.05) is 24.6 Å². The van der Waals surface area contributed by atoms with Gasteiger partial charge in [-0.05, 0) is 43.2 Å². The van der Waals surface area contributed by atoms with E-state index in [1.54, 1.807) is 16.2 Å². The van der Waals surface area contributed by atoms with Crippen molar-refractivity contribution in [2.45, 2.75) is 59.0 Å². The first-order valence-corrected chi connectivity index (χ1v) is 9.75. The van der Waals surface area contributed by atoms with Crippen molar-refractivity contribution < 1.29 is 9.90 Å². The molecule has 2 aromatic heterocycles. The van der Waals surface area contributed by atoms with Gasteiger partial charge in [-0.15, -0.1) is 0 Å². The molecule has 0 aliphatic rings. The molecule has 2 aromatic rings. The summed E-state index contributed by atoms with van der Waals surface area (Å²) in [5.74, 6) is 0.667. The van der Waals surface area contributed by atoms with Crippen LogP contribution in [-0.2, 0) is 17.5 Å². The average Bonchev–Trinajstić information content (AvgIpc) is 3.14. The third kappa shape index (κ3) is 5.08. The van der Waals surface area contributed by atoms with Crippen molar-refractivity contribution in [1.29, 1.82) is 0 Å². The van der Waals surface area contributed by atoms with Crippen LogP contribution >= 0.6 is 11.3 Å². The summed E-state index contributed by atoms with van der Waals surface area (Å²) < 4.78 is 1.85. The van der Waals surface area contributed by atoms with Gasteiger partial charge in [0.15, 0.2) is 0 Å². The van der Waals surface area contributed by atoms with E-state index in [0.717, 1.165) is 11.3 Å². The van der Waals surface area contributed by atoms with Gasteiger partial charge in [0.1, 0.15) is 5.82 Å². The molecule has 2 rings (SSSR count). The Morgan fingerprint density at radius 1 is 1.31 bits per heavy atom. The second kappa shape index (κ2) is 7.80. The highest BCUT2D eigenvalue weighted by Gasteiger charge is 2.26. The van der Waals surface area contributed by atoms with E-state index in [1.165, 1.54) is 0 Å². The molecule has 0 unspecified atom stereocenters. The summed E-state index contributed by atoms with van der Waals surface area (Å²) in [7, 11) is 0. The van der Waals surface area contributed by atoms with Crippen molar-refractivity contribution >= 4 is 23.2 Å². The van der Waals surface area contributed by atoms with Crippen molar-refractivity contribution in [1.82, 2.24) is 14.7 Å². The van der Waals surface area contributed by atoms with Gasteiger partial charge < -0.3 is 10.0 Å². The predicted octanol–water partition coefficient (Wildman–Crippen LogP) is 4.02. The summed E-state index contributed by atoms with van der Waals surface area (Å²) in [5, 5.41) is 21.0. The summed E-state index contributed by atoms with van der Waals surface area (Å²) in [6, 6.07) is 3.68. The summed E-state index contributed by atoms with van der Waals surface area (Å²) >= 11 is 1.59. The number of nitrogens with one attached hydrogen (secondary N) is 1. The van der Waals surface area contributed by atoms with E-state index in [1.807, 2.05) is 27.6 Å². The number of rotatable bonds is 5. The molecule has 2 heterocycles. The molecule has 0 saturated heterocycles. The van der Waals surface area contributed by atoms with Gasteiger partial charge in [0.05, 0.1) is 17.8 Å². The quantitative estimate of drug-likeness (QED) is 0.825. The Morgan fingerprint density at radius 3 is 2.50 bits per heavy atom. The highest BCUT2D eigenvalue weighted by molar-refractivity contribution is 7.07. The molecule has 2 amide bonds. The van der Waals surface area contributed by atoms with Crippen molar-refractivity contribution in [2.75, 3.05) is 18.5 Å². The minimum atomic E-state index is -0.263. The minimum Gasteiger partial charge on any atom is -0.395 e. The fourth-order valence-electron chi connectivity index (χ4n) is 2.51. The standard InChI is InChI=1S/C19H30N4O2S/c1-18(2,3)15-11-16(23(21-15)19(4,5)6)20-17(25)22(8-9-24)12-14-7-10-26-13-14/h7,10-11,13,24H,8-9,12H2,1-6H3,(H,20,25). The second-order valence-electron chi connectivity index (χ2n) is 8.45. The van der Waals surface area contributed by atoms with Crippen LogP contribution in [0.4, 0.5) is 10.6 Å². The molecule has 0 aliphatic heterocycles. The van der Waals surface area contributed by atoms with Gasteiger partial charge in [-0.25, -0.2) is 9.48 Å². The van der Waals surface area contributed by atoms with E-state index in [9.17, 15) is 9.90 Å². The number of hydrogen-bond acceptors (Lipinski definition) is 4. The highest BCUT2D eigenvalue weighted by Crippen LogP contribution is 2.28. The van der Waals surface area contributed by atoms with E-state index < -0.39 is 0 Å². The summed E-state index contributed by atoms with van der Waals surface area (Å²) in [6.45, 7) is 13.1. The normalized spacial score (nSPS) is 12.3. The van der Waals surface area contributed by atoms with Crippen molar-refractivity contribution in [2.24, 2.45) is 0 Å². The number of urea groups is 1. The number of anilines is 1. The van der Waals surface area contributed by atoms with Crippen LogP contribution in [0.1, 0.15) is 52.8 Å². The molecular weight excluding hydrogens is 348 g/mol. The third-order valence-corrected chi connectivity index (χ3v) is 4.69. The molecule has 2 N–H and O–H groups in total. The molecule has 0 bridgehead atoms. The zero-order valence-corrected chi connectivity index (χ0v) is 17.4. The van der Waals surface area contributed by atoms with Crippen molar-refractivity contribution in [3.05, 3.63) is 34.2 Å². The number of nitrogens with zero attached hydrogens (tertiary/aromatic N) is 3. The van der Waals surface area contributed by atoms with Crippen LogP contribution in [0.2, 0.25) is 0 Å². The van der Waals surface area contributed by atoms with Gasteiger partial charge in [-0.3, -0.25) is 5.32 Å². The number of thiophene rings is 1. The van der Waals surface area contributed by atoms with Gasteiger partial charge in [-0.2, -0.15) is 16.4 Å². The third-order valence-electron chi connectivity index (χ3n) is 3.96. The highest BCUT2D eigenvalue weighted by atomic mass is 32.1. The molecule has 6 nitrogen and oxygen atoms in total. The Bertz CT molecular complexity index is 724. The van der Waals surface area contributed by atoms with E-state index >= 15 is 0 Å². The zero-order chi connectivity index (χ0) is 19.5. The molecule has 0 spiro atoms. The van der Waals surface area contributed by atoms with E-state index in [2.05, 4.69) is 46.9 Å². The summed E-state index contributed by atoms with van der Waals surface area (Å²) in [5.41, 5.74) is 1.60. The Kier molecular flexibility index (Phi) is 6.13. The number of aromatic nitrogens is 2. The largest absolute Gasteiger partial charge is 0.395 e. The van der Waals surface area contributed by atoms with Gasteiger partial charge in [0.25, 0.3) is 0 Å². The van der Waals surface area contributed by atoms with Crippen LogP contribution in [0.3, 0.4) is 0 Å². The Morgan fingerprint density at radius 2 is 2.00 bits per heavy atom. The maximum absolute atomic E-state index is 12.8. The monoisotopic (exact) mass is 378 g/mol. The number of amides is 2. The molecule has 0 aliphatic carbocycles. The van der Waals surface area contributed by atoms with Crippen molar-refractivity contribution in [3.63, 3.8) is 0 Å². The number of aliphatic hydroxyl groups is 1. The smallest absolute Gasteiger partial charge is 0.323 e. The molecular formula is C19H30N4O2S. The molecule has 26 heavy (non-hydrogen) atoms. The first-order chi connectivity index (χ1) is 12.0. The van der Waals surface area contributed by atoms with Gasteiger partial charge in [-0.1, -0.05) is 20.8 Å². The maximum atomic E-state index is 12.8. The lowest BCUT2D eigenvalue weighted by atomic mass is 9.92. The number of carbonyl (C=O) groups excluding carboxylic acids is 1. The van der Waals surface area contributed by atoms with Gasteiger partial charge in [0.2, 0.25) is 0 Å². The van der Waals surface area contributed by atoms with Crippen LogP contribution in [0, 0.1) is 0 Å². The lowest BCUT2D eigenvalue weighted by Gasteiger charge is -2.25. The topological polar surface area (TPSA) is 70.4 Å². The minimum absolute atomic E-state index is 0.0800. The molecule has 0 radical (unpaired) electrons. The number of carbonyl (C=O) groups is 1. The lowest BCUT2D eigenvalue weighted by molar-refractivity contribution is 0.185. The van der Waals surface area contributed by atoms with Crippen LogP contribution in [0.5, 0.6) is 0 Å². The van der Waals surface area contributed by atoms with Crippen LogP contribution in [-0.4, -0.2) is 39.0 Å². The van der Waals surface area contributed by atoms with Crippen LogP contribution in [0.15, 0.2) is 22.9 Å². The molecule has 0 aromatic carbocycles. The molecule has 0 fully saturated rings. The fourth-order valence-corrected chi connectivity index (χ4v) is 3.17. The number of hydrogen-bond donors (Lipinski definition) is 2. The average molecular weight is 379 g/mol. The Balaban J connectivity index is 2.26. The summed E-state index contributed by atoms with van der Waals surface area (Å²) in [4.78, 5) is 14.4. The molecule has 7 heteroatoms. The maximum Gasteiger partial charge on any atom is 0.323 e. The lowest BCUT2D eigenvalue weighted by Crippen LogP contribution is -2.38. The van der Waals surface area contributed by atoms with Gasteiger partial charge >= 0.3 is 6.03 Å². The molecule has 144 valence electrons. The predicted molar refractivity (Wildman–Crippen MR) is 107 cm³/mol. The Hall–Kier alpha value is -1.86. The molecule has 0 saturated carbocycles. The van der Waals surface area contributed by atoms with E-state index in [4.69, 9.17) is 5.10 Å². The summed E-state index contributed by atoms with van der Waals surface area (Å²) in [6.07, 6.45) is 0. The van der Waals surface area contributed by atoms with E-state index in [-0.39, 0.29) is 30.1 Å². The fraction of sp³-hybridized carbons (Fsp3) is 0.579. The first-order valence-electron chi connectivity index (χ1n) is 8.81. The first kappa shape index (κ1) is 20.5. The molecule has 0 atom stereocenters. The Labute approximate surface area is 159 Å². The van der Waals surface area contributed by atoms with Crippen LogP contribution in [0.25, 0.3) is 0 Å².